The number of benzene rings is 1. The topological polar surface area (TPSA) is 264 Å². The number of hydrogen-bond donors (Lipinski definition) is 9. The number of H-pyrrole nitrogens is 1. The first-order valence-corrected chi connectivity index (χ1v) is 12.6. The number of carboxylic acids is 1. The van der Waals surface area contributed by atoms with Crippen LogP contribution in [0.3, 0.4) is 0 Å². The molecule has 15 heteroatoms. The normalized spacial score (nSPS) is 14.6. The van der Waals surface area contributed by atoms with Crippen LogP contribution in [0.25, 0.3) is 0 Å². The van der Waals surface area contributed by atoms with E-state index in [1.54, 1.807) is 30.3 Å². The van der Waals surface area contributed by atoms with E-state index >= 15 is 0 Å². The number of amides is 3. The van der Waals surface area contributed by atoms with Crippen molar-refractivity contribution in [2.24, 2.45) is 22.2 Å². The van der Waals surface area contributed by atoms with E-state index in [1.165, 1.54) is 19.4 Å². The first-order chi connectivity index (χ1) is 19.0. The Hall–Kier alpha value is -4.50. The van der Waals surface area contributed by atoms with Gasteiger partial charge in [-0.3, -0.25) is 19.4 Å². The highest BCUT2D eigenvalue weighted by molar-refractivity contribution is 5.94. The zero-order chi connectivity index (χ0) is 29.7. The number of nitrogens with one attached hydrogen (secondary N) is 4. The molecule has 0 aliphatic heterocycles. The SMILES string of the molecule is CC(O)C(NC(=O)C(N)Cc1cnc[nH]1)C(=O)NC(CCCN=C(N)N)C(=O)NC(Cc1ccccc1)C(=O)O. The van der Waals surface area contributed by atoms with Gasteiger partial charge < -0.3 is 48.3 Å². The number of aliphatic imine (C=N–C) groups is 1. The third-order valence-corrected chi connectivity index (χ3v) is 5.87. The minimum absolute atomic E-state index is 0.0111. The highest BCUT2D eigenvalue weighted by atomic mass is 16.4. The Labute approximate surface area is 231 Å². The maximum atomic E-state index is 13.2. The molecule has 40 heavy (non-hydrogen) atoms. The number of nitrogens with two attached hydrogens (primary N) is 3. The first kappa shape index (κ1) is 31.7. The highest BCUT2D eigenvalue weighted by Crippen LogP contribution is 2.07. The second kappa shape index (κ2) is 15.8. The molecular weight excluding hydrogens is 522 g/mol. The van der Waals surface area contributed by atoms with Crippen LogP contribution < -0.4 is 33.2 Å². The number of aliphatic hydroxyl groups is 1. The largest absolute Gasteiger partial charge is 0.480 e. The minimum Gasteiger partial charge on any atom is -0.480 e. The summed E-state index contributed by atoms with van der Waals surface area (Å²) in [6.45, 7) is 1.44. The lowest BCUT2D eigenvalue weighted by Crippen LogP contribution is -2.60. The maximum Gasteiger partial charge on any atom is 0.326 e. The van der Waals surface area contributed by atoms with Crippen molar-refractivity contribution in [3.8, 4) is 0 Å². The van der Waals surface area contributed by atoms with Gasteiger partial charge in [-0.1, -0.05) is 30.3 Å². The van der Waals surface area contributed by atoms with Gasteiger partial charge in [-0.15, -0.1) is 0 Å². The summed E-state index contributed by atoms with van der Waals surface area (Å²) >= 11 is 0. The molecule has 1 aromatic heterocycles. The molecule has 12 N–H and O–H groups in total. The van der Waals surface area contributed by atoms with Crippen LogP contribution in [-0.4, -0.2) is 86.6 Å². The van der Waals surface area contributed by atoms with Crippen LogP contribution in [0.2, 0.25) is 0 Å². The lowest BCUT2D eigenvalue weighted by molar-refractivity contribution is -0.142. The van der Waals surface area contributed by atoms with Crippen LogP contribution in [0, 0.1) is 0 Å². The summed E-state index contributed by atoms with van der Waals surface area (Å²) in [5.74, 6) is -3.76. The lowest BCUT2D eigenvalue weighted by Gasteiger charge is -2.26. The van der Waals surface area contributed by atoms with Gasteiger partial charge >= 0.3 is 5.97 Å². The molecule has 2 rings (SSSR count). The smallest absolute Gasteiger partial charge is 0.326 e. The molecule has 3 amide bonds. The Kier molecular flexibility index (Phi) is 12.5. The van der Waals surface area contributed by atoms with E-state index in [9.17, 15) is 29.4 Å². The molecule has 1 heterocycles. The van der Waals surface area contributed by atoms with Crippen LogP contribution >= 0.6 is 0 Å². The Morgan fingerprint density at radius 1 is 1.00 bits per heavy atom. The molecule has 2 aromatic rings. The number of rotatable bonds is 16. The molecule has 0 saturated heterocycles. The van der Waals surface area contributed by atoms with Crippen molar-refractivity contribution in [3.05, 3.63) is 54.1 Å². The number of carboxylic acid groups (broad SMARTS) is 1. The van der Waals surface area contributed by atoms with Crippen molar-refractivity contribution >= 4 is 29.7 Å². The summed E-state index contributed by atoms with van der Waals surface area (Å²) in [6, 6.07) is 3.71. The fraction of sp³-hybridized carbons (Fsp3) is 0.440. The molecule has 0 bridgehead atoms. The number of guanidine groups is 1. The molecule has 0 aliphatic carbocycles. The Morgan fingerprint density at radius 3 is 2.25 bits per heavy atom. The van der Waals surface area contributed by atoms with Crippen molar-refractivity contribution in [2.45, 2.75) is 62.9 Å². The lowest BCUT2D eigenvalue weighted by atomic mass is 10.0. The van der Waals surface area contributed by atoms with Gasteiger partial charge in [0.15, 0.2) is 5.96 Å². The molecule has 0 radical (unpaired) electrons. The van der Waals surface area contributed by atoms with Crippen LogP contribution in [0.5, 0.6) is 0 Å². The van der Waals surface area contributed by atoms with Crippen molar-refractivity contribution in [1.82, 2.24) is 25.9 Å². The second-order valence-corrected chi connectivity index (χ2v) is 9.21. The summed E-state index contributed by atoms with van der Waals surface area (Å²) in [5.41, 5.74) is 17.9. The zero-order valence-electron chi connectivity index (χ0n) is 22.1. The van der Waals surface area contributed by atoms with Crippen LogP contribution in [0.15, 0.2) is 47.8 Å². The Morgan fingerprint density at radius 2 is 1.68 bits per heavy atom. The molecule has 0 aliphatic rings. The van der Waals surface area contributed by atoms with Gasteiger partial charge in [0.2, 0.25) is 17.7 Å². The molecule has 0 saturated carbocycles. The molecular formula is C25H37N9O6. The molecule has 0 spiro atoms. The summed E-state index contributed by atoms with van der Waals surface area (Å²) in [4.78, 5) is 61.3. The van der Waals surface area contributed by atoms with Crippen molar-refractivity contribution in [2.75, 3.05) is 6.54 Å². The van der Waals surface area contributed by atoms with E-state index in [4.69, 9.17) is 17.2 Å². The molecule has 15 nitrogen and oxygen atoms in total. The number of carbonyl (C=O) groups is 4. The van der Waals surface area contributed by atoms with Crippen LogP contribution in [0.4, 0.5) is 0 Å². The highest BCUT2D eigenvalue weighted by Gasteiger charge is 2.32. The number of imidazole rings is 1. The molecule has 5 atom stereocenters. The van der Waals surface area contributed by atoms with Gasteiger partial charge in [0, 0.05) is 31.3 Å². The predicted octanol–water partition coefficient (Wildman–Crippen LogP) is -2.50. The van der Waals surface area contributed by atoms with Gasteiger partial charge in [0.25, 0.3) is 0 Å². The number of aromatic amines is 1. The van der Waals surface area contributed by atoms with E-state index in [2.05, 4.69) is 30.9 Å². The standard InChI is InChI=1S/C25H37N9O6/c1-14(35)20(34-21(36)17(26)11-16-12-29-13-31-16)23(38)32-18(8-5-9-30-25(27)28)22(37)33-19(24(39)40)10-15-6-3-2-4-7-15/h2-4,6-7,12-14,17-20,35H,5,8-11,26H2,1H3,(H,29,31)(H,32,38)(H,33,37)(H,34,36)(H,39,40)(H4,27,28,30). The van der Waals surface area contributed by atoms with Gasteiger partial charge in [-0.25, -0.2) is 9.78 Å². The minimum atomic E-state index is -1.45. The van der Waals surface area contributed by atoms with Gasteiger partial charge in [-0.05, 0) is 25.3 Å². The summed E-state index contributed by atoms with van der Waals surface area (Å²) < 4.78 is 0. The Balaban J connectivity index is 2.13. The quantitative estimate of drug-likeness (QED) is 0.0592. The second-order valence-electron chi connectivity index (χ2n) is 9.21. The van der Waals surface area contributed by atoms with Crippen LogP contribution in [-0.2, 0) is 32.0 Å². The number of nitrogens with zero attached hydrogens (tertiary/aromatic N) is 2. The summed E-state index contributed by atoms with van der Waals surface area (Å²) in [6.07, 6.45) is 1.99. The van der Waals surface area contributed by atoms with E-state index in [0.29, 0.717) is 11.3 Å². The van der Waals surface area contributed by atoms with Gasteiger partial charge in [0.05, 0.1) is 18.5 Å². The number of aliphatic carboxylic acids is 1. The predicted molar refractivity (Wildman–Crippen MR) is 145 cm³/mol. The fourth-order valence-corrected chi connectivity index (χ4v) is 3.75. The Bertz CT molecular complexity index is 1140. The third-order valence-electron chi connectivity index (χ3n) is 5.87. The van der Waals surface area contributed by atoms with Gasteiger partial charge in [-0.2, -0.15) is 0 Å². The van der Waals surface area contributed by atoms with E-state index < -0.39 is 54.0 Å². The van der Waals surface area contributed by atoms with E-state index in [1.807, 2.05) is 0 Å². The average Bonchev–Trinajstić information content (AvgIpc) is 3.41. The molecule has 218 valence electrons. The first-order valence-electron chi connectivity index (χ1n) is 12.6. The summed E-state index contributed by atoms with van der Waals surface area (Å²) in [5, 5.41) is 27.3. The molecule has 1 aromatic carbocycles. The number of aromatic nitrogens is 2. The maximum absolute atomic E-state index is 13.2. The van der Waals surface area contributed by atoms with Crippen molar-refractivity contribution in [3.63, 3.8) is 0 Å². The van der Waals surface area contributed by atoms with Crippen molar-refractivity contribution in [1.29, 1.82) is 0 Å². The number of aliphatic hydroxyl groups excluding tert-OH is 1. The van der Waals surface area contributed by atoms with Crippen LogP contribution in [0.1, 0.15) is 31.0 Å². The summed E-state index contributed by atoms with van der Waals surface area (Å²) in [7, 11) is 0. The zero-order valence-corrected chi connectivity index (χ0v) is 22.1. The molecule has 0 fully saturated rings. The van der Waals surface area contributed by atoms with Crippen molar-refractivity contribution < 1.29 is 29.4 Å². The van der Waals surface area contributed by atoms with E-state index in [0.717, 1.165) is 0 Å². The number of carbonyl (C=O) groups excluding carboxylic acids is 3. The third kappa shape index (κ3) is 10.7. The number of hydrogen-bond acceptors (Lipinski definition) is 8. The molecule has 5 unspecified atom stereocenters. The van der Waals surface area contributed by atoms with Gasteiger partial charge in [0.1, 0.15) is 18.1 Å². The average molecular weight is 560 g/mol. The monoisotopic (exact) mass is 559 g/mol. The fourth-order valence-electron chi connectivity index (χ4n) is 3.75. The van der Waals surface area contributed by atoms with E-state index in [-0.39, 0.29) is 38.2 Å².